The van der Waals surface area contributed by atoms with Gasteiger partial charge in [-0.2, -0.15) is 14.9 Å². The molecule has 2 N–H and O–H groups in total. The van der Waals surface area contributed by atoms with Gasteiger partial charge in [0.25, 0.3) is 0 Å². The molecular weight excluding hydrogens is 408 g/mol. The van der Waals surface area contributed by atoms with E-state index < -0.39 is 5.60 Å². The second kappa shape index (κ2) is 7.54. The Labute approximate surface area is 186 Å². The van der Waals surface area contributed by atoms with Crippen LogP contribution in [0.4, 0.5) is 5.82 Å². The normalized spacial score (nSPS) is 31.1. The largest absolute Gasteiger partial charge is 0.385 e. The Kier molecular flexibility index (Phi) is 4.74. The van der Waals surface area contributed by atoms with Crippen molar-refractivity contribution in [1.29, 1.82) is 0 Å². The molecule has 2 saturated heterocycles. The van der Waals surface area contributed by atoms with Gasteiger partial charge >= 0.3 is 0 Å². The molecule has 3 aromatic heterocycles. The van der Waals surface area contributed by atoms with Gasteiger partial charge in [0.1, 0.15) is 5.82 Å². The summed E-state index contributed by atoms with van der Waals surface area (Å²) in [6.45, 7) is 5.09. The maximum Gasteiger partial charge on any atom is 0.177 e. The number of ether oxygens (including phenoxy) is 2. The van der Waals surface area contributed by atoms with Crippen LogP contribution in [0, 0.1) is 0 Å². The van der Waals surface area contributed by atoms with Crippen molar-refractivity contribution in [3.05, 3.63) is 30.1 Å². The van der Waals surface area contributed by atoms with Gasteiger partial charge in [0.2, 0.25) is 0 Å². The lowest BCUT2D eigenvalue weighted by molar-refractivity contribution is -0.0935. The van der Waals surface area contributed by atoms with Crippen molar-refractivity contribution in [2.24, 2.45) is 0 Å². The van der Waals surface area contributed by atoms with E-state index in [1.54, 1.807) is 10.9 Å². The second-order valence-corrected chi connectivity index (χ2v) is 9.54. The van der Waals surface area contributed by atoms with Gasteiger partial charge in [0.05, 0.1) is 36.7 Å². The summed E-state index contributed by atoms with van der Waals surface area (Å²) in [5, 5.41) is 24.5. The molecule has 1 atom stereocenters. The Morgan fingerprint density at radius 1 is 1.16 bits per heavy atom. The van der Waals surface area contributed by atoms with Gasteiger partial charge in [-0.05, 0) is 57.1 Å². The molecule has 0 radical (unpaired) electrons. The Morgan fingerprint density at radius 3 is 2.75 bits per heavy atom. The number of fused-ring (bicyclic) bond motifs is 1. The first kappa shape index (κ1) is 20.1. The van der Waals surface area contributed by atoms with E-state index in [0.29, 0.717) is 37.5 Å². The van der Waals surface area contributed by atoms with Crippen LogP contribution in [0.2, 0.25) is 0 Å². The van der Waals surface area contributed by atoms with Crippen LogP contribution >= 0.6 is 0 Å². The van der Waals surface area contributed by atoms with Gasteiger partial charge in [-0.15, -0.1) is 0 Å². The average molecular weight is 439 g/mol. The lowest BCUT2D eigenvalue weighted by Gasteiger charge is -2.42. The van der Waals surface area contributed by atoms with Crippen molar-refractivity contribution in [1.82, 2.24) is 25.0 Å². The first-order valence-electron chi connectivity index (χ1n) is 11.7. The van der Waals surface area contributed by atoms with E-state index >= 15 is 0 Å². The molecule has 1 saturated carbocycles. The van der Waals surface area contributed by atoms with Crippen LogP contribution in [0.3, 0.4) is 0 Å². The predicted molar refractivity (Wildman–Crippen MR) is 119 cm³/mol. The zero-order valence-corrected chi connectivity index (χ0v) is 18.5. The lowest BCUT2D eigenvalue weighted by atomic mass is 9.71. The molecule has 170 valence electrons. The third-order valence-corrected chi connectivity index (χ3v) is 7.57. The molecule has 9 nitrogen and oxygen atoms in total. The predicted octanol–water partition coefficient (Wildman–Crippen LogP) is 2.68. The molecule has 6 rings (SSSR count). The standard InChI is InChI=1S/C23H30N6O3/c1-16-15-31-12-10-28(16)20-13-18(23(30)7-5-22(6-8-23)4-2-11-32-22)17-14-25-29(21(17)26-20)19-3-9-24-27-19/h3,9,13-14,16,30H,2,4-8,10-12,15H2,1H3,(H,24,27)/t16-,22-,23+/m1/s1. The summed E-state index contributed by atoms with van der Waals surface area (Å²) in [6, 6.07) is 4.15. The number of pyridine rings is 1. The van der Waals surface area contributed by atoms with E-state index in [0.717, 1.165) is 55.6 Å². The zero-order chi connectivity index (χ0) is 21.8. The maximum atomic E-state index is 11.9. The Hall–Kier alpha value is -2.49. The van der Waals surface area contributed by atoms with Crippen LogP contribution in [-0.4, -0.2) is 68.1 Å². The van der Waals surface area contributed by atoms with Gasteiger partial charge < -0.3 is 19.5 Å². The highest BCUT2D eigenvalue weighted by Gasteiger charge is 2.46. The SMILES string of the molecule is C[C@@H]1COCCN1c1cc([C@]2(O)CC[C@]3(CCCO3)CC2)c2cnn(-c3cc[nH]n3)c2n1. The molecule has 0 unspecified atom stereocenters. The lowest BCUT2D eigenvalue weighted by Crippen LogP contribution is -2.44. The molecule has 0 aromatic carbocycles. The number of nitrogens with zero attached hydrogens (tertiary/aromatic N) is 5. The summed E-state index contributed by atoms with van der Waals surface area (Å²) < 4.78 is 13.5. The van der Waals surface area contributed by atoms with E-state index in [2.05, 4.69) is 33.2 Å². The van der Waals surface area contributed by atoms with Gasteiger partial charge in [0.15, 0.2) is 11.5 Å². The molecular formula is C23H30N6O3. The van der Waals surface area contributed by atoms with Crippen molar-refractivity contribution in [3.8, 4) is 5.82 Å². The monoisotopic (exact) mass is 438 g/mol. The molecule has 3 aromatic rings. The summed E-state index contributed by atoms with van der Waals surface area (Å²) in [6.07, 6.45) is 8.92. The molecule has 2 aliphatic heterocycles. The number of rotatable bonds is 3. The van der Waals surface area contributed by atoms with Crippen molar-refractivity contribution >= 4 is 16.9 Å². The smallest absolute Gasteiger partial charge is 0.177 e. The molecule has 0 bridgehead atoms. The Morgan fingerprint density at radius 2 is 2.03 bits per heavy atom. The minimum absolute atomic E-state index is 0.0425. The highest BCUT2D eigenvalue weighted by Crippen LogP contribution is 2.48. The maximum absolute atomic E-state index is 11.9. The fourth-order valence-corrected chi connectivity index (χ4v) is 5.66. The zero-order valence-electron chi connectivity index (χ0n) is 18.5. The topological polar surface area (TPSA) is 101 Å². The number of aliphatic hydroxyl groups is 1. The molecule has 0 amide bonds. The van der Waals surface area contributed by atoms with Gasteiger partial charge in [-0.3, -0.25) is 5.10 Å². The summed E-state index contributed by atoms with van der Waals surface area (Å²) in [5.74, 6) is 1.53. The van der Waals surface area contributed by atoms with E-state index in [-0.39, 0.29) is 11.6 Å². The summed E-state index contributed by atoms with van der Waals surface area (Å²) >= 11 is 0. The van der Waals surface area contributed by atoms with Crippen LogP contribution in [0.5, 0.6) is 0 Å². The average Bonchev–Trinajstić information content (AvgIpc) is 3.57. The first-order chi connectivity index (χ1) is 15.6. The van der Waals surface area contributed by atoms with Crippen LogP contribution in [0.15, 0.2) is 24.5 Å². The van der Waals surface area contributed by atoms with Crippen molar-refractivity contribution in [3.63, 3.8) is 0 Å². The molecule has 3 aliphatic rings. The number of H-pyrrole nitrogens is 1. The van der Waals surface area contributed by atoms with E-state index in [1.165, 1.54) is 0 Å². The van der Waals surface area contributed by atoms with Crippen LogP contribution < -0.4 is 4.90 Å². The third-order valence-electron chi connectivity index (χ3n) is 7.57. The van der Waals surface area contributed by atoms with Crippen molar-refractivity contribution in [2.75, 3.05) is 31.3 Å². The second-order valence-electron chi connectivity index (χ2n) is 9.54. The van der Waals surface area contributed by atoms with Gasteiger partial charge in [-0.25, -0.2) is 4.98 Å². The number of anilines is 1. The fraction of sp³-hybridized carbons (Fsp3) is 0.609. The summed E-state index contributed by atoms with van der Waals surface area (Å²) in [7, 11) is 0. The fourth-order valence-electron chi connectivity index (χ4n) is 5.66. The molecule has 1 aliphatic carbocycles. The number of aromatic nitrogens is 5. The Balaban J connectivity index is 1.46. The first-order valence-corrected chi connectivity index (χ1v) is 11.7. The van der Waals surface area contributed by atoms with Crippen LogP contribution in [-0.2, 0) is 15.1 Å². The highest BCUT2D eigenvalue weighted by molar-refractivity contribution is 5.83. The quantitative estimate of drug-likeness (QED) is 0.648. The third kappa shape index (κ3) is 3.22. The van der Waals surface area contributed by atoms with Gasteiger partial charge in [-0.1, -0.05) is 0 Å². The Bertz CT molecular complexity index is 1090. The number of morpholine rings is 1. The van der Waals surface area contributed by atoms with Crippen LogP contribution in [0.1, 0.15) is 51.0 Å². The van der Waals surface area contributed by atoms with Gasteiger partial charge in [0, 0.05) is 30.8 Å². The molecule has 5 heterocycles. The summed E-state index contributed by atoms with van der Waals surface area (Å²) in [5.41, 5.74) is 0.654. The minimum Gasteiger partial charge on any atom is -0.385 e. The number of hydrogen-bond donors (Lipinski definition) is 2. The number of aromatic amines is 1. The molecule has 32 heavy (non-hydrogen) atoms. The highest BCUT2D eigenvalue weighted by atomic mass is 16.5. The minimum atomic E-state index is -0.928. The number of nitrogens with one attached hydrogen (secondary N) is 1. The van der Waals surface area contributed by atoms with E-state index in [4.69, 9.17) is 14.5 Å². The molecule has 9 heteroatoms. The summed E-state index contributed by atoms with van der Waals surface area (Å²) in [4.78, 5) is 7.27. The number of hydrogen-bond acceptors (Lipinski definition) is 7. The van der Waals surface area contributed by atoms with E-state index in [9.17, 15) is 5.11 Å². The molecule has 3 fully saturated rings. The molecule has 1 spiro atoms. The van der Waals surface area contributed by atoms with Crippen molar-refractivity contribution in [2.45, 2.75) is 62.7 Å². The van der Waals surface area contributed by atoms with E-state index in [1.807, 2.05) is 12.3 Å². The van der Waals surface area contributed by atoms with Crippen LogP contribution in [0.25, 0.3) is 16.9 Å². The van der Waals surface area contributed by atoms with Crippen molar-refractivity contribution < 1.29 is 14.6 Å².